The number of pyridine rings is 1. The lowest BCUT2D eigenvalue weighted by atomic mass is 9.76. The maximum atomic E-state index is 16.4. The molecule has 8 rings (SSSR count). The highest BCUT2D eigenvalue weighted by molar-refractivity contribution is 6.14. The van der Waals surface area contributed by atoms with Crippen molar-refractivity contribution in [2.75, 3.05) is 0 Å². The number of aromatic nitrogens is 2. The summed E-state index contributed by atoms with van der Waals surface area (Å²) < 4.78 is 21.3. The Balaban J connectivity index is 1.57. The van der Waals surface area contributed by atoms with E-state index in [4.69, 9.17) is 0 Å². The second-order valence-electron chi connectivity index (χ2n) is 13.6. The number of allylic oxidation sites excluding steroid dienone is 1. The van der Waals surface area contributed by atoms with E-state index < -0.39 is 0 Å². The molecule has 3 aliphatic rings. The third kappa shape index (κ3) is 4.06. The summed E-state index contributed by atoms with van der Waals surface area (Å²) in [7, 11) is 0. The monoisotopic (exact) mass is 571 g/mol. The molecule has 0 unspecified atom stereocenters. The normalized spacial score (nSPS) is 19.1. The van der Waals surface area contributed by atoms with Crippen LogP contribution in [-0.4, -0.2) is 4.40 Å². The van der Waals surface area contributed by atoms with Crippen molar-refractivity contribution in [3.63, 3.8) is 0 Å². The largest absolute Gasteiger partial charge is 0.296 e. The molecule has 3 aromatic carbocycles. The Morgan fingerprint density at radius 2 is 1.37 bits per heavy atom. The van der Waals surface area contributed by atoms with Crippen molar-refractivity contribution in [2.24, 2.45) is 0 Å². The summed E-state index contributed by atoms with van der Waals surface area (Å²) in [5.41, 5.74) is 8.49. The number of imidazole rings is 1. The molecular weight excluding hydrogens is 527 g/mol. The van der Waals surface area contributed by atoms with E-state index in [1.54, 1.807) is 6.07 Å². The molecule has 2 fully saturated rings. The molecule has 3 heteroatoms. The smallest absolute Gasteiger partial charge is 0.220 e. The van der Waals surface area contributed by atoms with Crippen LogP contribution in [0.1, 0.15) is 119 Å². The molecule has 43 heavy (non-hydrogen) atoms. The Kier molecular flexibility index (Phi) is 6.69. The topological polar surface area (TPSA) is 8.29 Å². The number of benzene rings is 3. The Bertz CT molecular complexity index is 1840. The summed E-state index contributed by atoms with van der Waals surface area (Å²) in [5.74, 6) is 0.987. The molecule has 0 bridgehead atoms. The van der Waals surface area contributed by atoms with Crippen LogP contribution < -0.4 is 4.57 Å². The number of nitrogens with zero attached hydrogens (tertiary/aromatic N) is 2. The van der Waals surface area contributed by atoms with Gasteiger partial charge in [0.25, 0.3) is 5.65 Å². The molecule has 0 saturated heterocycles. The fourth-order valence-electron chi connectivity index (χ4n) is 9.12. The van der Waals surface area contributed by atoms with Crippen LogP contribution in [0.3, 0.4) is 0 Å². The molecule has 5 aromatic rings. The maximum Gasteiger partial charge on any atom is 0.296 e. The fraction of sp³-hybridized carbons (Fsp3) is 0.425. The van der Waals surface area contributed by atoms with Gasteiger partial charge in [-0.3, -0.25) is 0 Å². The van der Waals surface area contributed by atoms with Crippen LogP contribution in [0.25, 0.3) is 44.7 Å². The quantitative estimate of drug-likeness (QED) is 0.146. The van der Waals surface area contributed by atoms with Gasteiger partial charge in [0.1, 0.15) is 11.7 Å². The second kappa shape index (κ2) is 10.6. The molecule has 3 heterocycles. The Morgan fingerprint density at radius 1 is 0.767 bits per heavy atom. The van der Waals surface area contributed by atoms with Crippen LogP contribution in [-0.2, 0) is 5.54 Å². The average molecular weight is 572 g/mol. The second-order valence-corrected chi connectivity index (χ2v) is 13.6. The predicted octanol–water partition coefficient (Wildman–Crippen LogP) is 11.0. The Morgan fingerprint density at radius 3 is 2.02 bits per heavy atom. The highest BCUT2D eigenvalue weighted by atomic mass is 19.1. The molecule has 2 saturated carbocycles. The molecular formula is C40H44FN2+. The molecule has 2 nitrogen and oxygen atoms in total. The first kappa shape index (κ1) is 27.1. The van der Waals surface area contributed by atoms with E-state index in [-0.39, 0.29) is 11.4 Å². The van der Waals surface area contributed by atoms with Crippen molar-refractivity contribution in [2.45, 2.75) is 108 Å². The fourth-order valence-corrected chi connectivity index (χ4v) is 9.12. The van der Waals surface area contributed by atoms with Gasteiger partial charge < -0.3 is 0 Å². The number of rotatable bonds is 5. The van der Waals surface area contributed by atoms with Gasteiger partial charge in [0, 0.05) is 16.3 Å². The molecule has 2 aromatic heterocycles. The summed E-state index contributed by atoms with van der Waals surface area (Å²) in [6, 6.07) is 19.4. The van der Waals surface area contributed by atoms with Crippen molar-refractivity contribution in [3.8, 4) is 11.3 Å². The van der Waals surface area contributed by atoms with E-state index in [2.05, 4.69) is 83.6 Å². The number of hydrogen-bond acceptors (Lipinski definition) is 0. The van der Waals surface area contributed by atoms with Crippen LogP contribution in [0.2, 0.25) is 0 Å². The molecule has 0 amide bonds. The summed E-state index contributed by atoms with van der Waals surface area (Å²) in [4.78, 5) is 0. The minimum Gasteiger partial charge on any atom is -0.220 e. The van der Waals surface area contributed by atoms with Gasteiger partial charge in [-0.05, 0) is 85.3 Å². The zero-order chi connectivity index (χ0) is 29.1. The van der Waals surface area contributed by atoms with Gasteiger partial charge in [0.05, 0.1) is 5.39 Å². The van der Waals surface area contributed by atoms with Crippen molar-refractivity contribution in [1.82, 2.24) is 4.40 Å². The third-order valence-corrected chi connectivity index (χ3v) is 11.5. The molecule has 1 aliphatic heterocycles. The zero-order valence-electron chi connectivity index (χ0n) is 25.8. The van der Waals surface area contributed by atoms with E-state index in [0.717, 1.165) is 29.3 Å². The summed E-state index contributed by atoms with van der Waals surface area (Å²) in [6.45, 7) is 4.62. The van der Waals surface area contributed by atoms with Gasteiger partial charge in [-0.25, -0.2) is 8.96 Å². The lowest BCUT2D eigenvalue weighted by molar-refractivity contribution is -0.728. The third-order valence-electron chi connectivity index (χ3n) is 11.5. The highest BCUT2D eigenvalue weighted by Gasteiger charge is 2.40. The van der Waals surface area contributed by atoms with Gasteiger partial charge in [-0.2, -0.15) is 4.40 Å². The van der Waals surface area contributed by atoms with Crippen LogP contribution in [0.15, 0.2) is 66.9 Å². The number of fused-ring (bicyclic) bond motifs is 3. The van der Waals surface area contributed by atoms with Crippen LogP contribution in [0, 0.1) is 5.82 Å². The van der Waals surface area contributed by atoms with E-state index in [0.29, 0.717) is 17.4 Å². The van der Waals surface area contributed by atoms with Crippen LogP contribution >= 0.6 is 0 Å². The highest BCUT2D eigenvalue weighted by Crippen LogP contribution is 2.47. The molecule has 0 N–H and O–H groups in total. The Hall–Kier alpha value is -3.46. The Labute approximate surface area is 255 Å². The molecule has 0 radical (unpaired) electrons. The number of halogens is 1. The van der Waals surface area contributed by atoms with Gasteiger partial charge in [0.15, 0.2) is 17.0 Å². The maximum absolute atomic E-state index is 16.4. The first-order valence-electron chi connectivity index (χ1n) is 17.1. The zero-order valence-corrected chi connectivity index (χ0v) is 25.8. The van der Waals surface area contributed by atoms with Crippen molar-refractivity contribution >= 4 is 33.4 Å². The van der Waals surface area contributed by atoms with Crippen LogP contribution in [0.4, 0.5) is 4.39 Å². The van der Waals surface area contributed by atoms with Gasteiger partial charge in [0.2, 0.25) is 0 Å². The van der Waals surface area contributed by atoms with E-state index in [1.807, 2.05) is 6.07 Å². The van der Waals surface area contributed by atoms with Crippen molar-refractivity contribution in [3.05, 3.63) is 89.4 Å². The standard InChI is InChI=1S/C40H44FN2/c1-3-40(4-2)25-24-29-18-11-21-32-33-22-13-23-34(41)38(33)43-35(26-42(40)39(43)36(29)32)37-30(27-14-7-5-8-15-27)19-12-20-31(37)28-16-9-6-10-17-28/h11-13,18-28H,3-10,14-17H2,1-2H3/q+1. The van der Waals surface area contributed by atoms with Crippen molar-refractivity contribution in [1.29, 1.82) is 0 Å². The van der Waals surface area contributed by atoms with E-state index in [9.17, 15) is 0 Å². The average Bonchev–Trinajstić information content (AvgIpc) is 3.40. The summed E-state index contributed by atoms with van der Waals surface area (Å²) in [5, 5.41) is 3.37. The van der Waals surface area contributed by atoms with Gasteiger partial charge in [-0.1, -0.05) is 101 Å². The number of hydrogen-bond donors (Lipinski definition) is 0. The van der Waals surface area contributed by atoms with Gasteiger partial charge in [-0.15, -0.1) is 0 Å². The first-order valence-corrected chi connectivity index (χ1v) is 17.1. The number of para-hydroxylation sites is 1. The molecule has 220 valence electrons. The van der Waals surface area contributed by atoms with E-state index in [1.165, 1.54) is 97.5 Å². The summed E-state index contributed by atoms with van der Waals surface area (Å²) >= 11 is 0. The minimum atomic E-state index is -0.181. The van der Waals surface area contributed by atoms with Crippen LogP contribution in [0.5, 0.6) is 0 Å². The molecule has 2 aliphatic carbocycles. The lowest BCUT2D eigenvalue weighted by Crippen LogP contribution is -2.53. The van der Waals surface area contributed by atoms with E-state index >= 15 is 4.39 Å². The molecule has 0 atom stereocenters. The van der Waals surface area contributed by atoms with Gasteiger partial charge >= 0.3 is 0 Å². The van der Waals surface area contributed by atoms with Crippen molar-refractivity contribution < 1.29 is 8.96 Å². The first-order chi connectivity index (χ1) is 21.1. The predicted molar refractivity (Wildman–Crippen MR) is 177 cm³/mol. The lowest BCUT2D eigenvalue weighted by Gasteiger charge is -2.29. The SMILES string of the molecule is CCC1(CC)C=Cc2cccc3c4cccc(F)c4n4c(-c5c(C6CCCCC6)cccc5C5CCCCC5)c[n+]1c4c23. The summed E-state index contributed by atoms with van der Waals surface area (Å²) in [6.07, 6.45) is 22.1. The molecule has 0 spiro atoms. The minimum absolute atomic E-state index is 0.140.